The minimum absolute atomic E-state index is 0.00218. The Kier molecular flexibility index (Phi) is 30.4. The third-order valence-corrected chi connectivity index (χ3v) is 27.6. The molecule has 608 valence electrons. The molecular weight excluding hydrogens is 1370 g/mol. The van der Waals surface area contributed by atoms with Crippen LogP contribution >= 0.6 is 0 Å². The van der Waals surface area contributed by atoms with Crippen LogP contribution in [0.3, 0.4) is 0 Å². The van der Waals surface area contributed by atoms with Gasteiger partial charge in [-0.1, -0.05) is 51.5 Å². The van der Waals surface area contributed by atoms with Crippen molar-refractivity contribution in [3.05, 3.63) is 34.9 Å². The number of rotatable bonds is 20. The number of allylic oxidation sites excluding steroid dienone is 6. The minimum atomic E-state index is -0.597. The van der Waals surface area contributed by atoms with E-state index in [1.165, 1.54) is 5.57 Å². The van der Waals surface area contributed by atoms with Crippen LogP contribution in [-0.2, 0) is 95.0 Å². The summed E-state index contributed by atoms with van der Waals surface area (Å²) in [6.07, 6.45) is 17.4. The number of hydrogen-bond donors (Lipinski definition) is 0. The highest BCUT2D eigenvalue weighted by Gasteiger charge is 2.57. The minimum Gasteiger partial charge on any atom is -0.462 e. The van der Waals surface area contributed by atoms with Gasteiger partial charge in [0.05, 0.1) is 61.7 Å². The summed E-state index contributed by atoms with van der Waals surface area (Å²) in [6.45, 7) is 23.7. The summed E-state index contributed by atoms with van der Waals surface area (Å²) < 4.78 is 100. The molecule has 6 heterocycles. The molecule has 0 aromatic carbocycles. The first kappa shape index (κ1) is 84.8. The predicted octanol–water partition coefficient (Wildman–Crippen LogP) is 12.4. The second-order valence-corrected chi connectivity index (χ2v) is 34.3. The average Bonchev–Trinajstić information content (AvgIpc) is 1.60. The van der Waals surface area contributed by atoms with Crippen molar-refractivity contribution in [3.63, 3.8) is 0 Å². The number of hydrogen-bond acceptors (Lipinski definition) is 22. The zero-order valence-corrected chi connectivity index (χ0v) is 68.5. The van der Waals surface area contributed by atoms with Crippen LogP contribution in [0.2, 0.25) is 0 Å². The largest absolute Gasteiger partial charge is 0.462 e. The number of ether oxygens (including phenoxy) is 16. The molecule has 6 aliphatic carbocycles. The van der Waals surface area contributed by atoms with E-state index in [-0.39, 0.29) is 188 Å². The molecule has 0 radical (unpaired) electrons. The molecule has 34 atom stereocenters. The van der Waals surface area contributed by atoms with Gasteiger partial charge < -0.3 is 85.6 Å². The molecule has 107 heavy (non-hydrogen) atoms. The average molecular weight is 1510 g/mol. The summed E-state index contributed by atoms with van der Waals surface area (Å²) in [6, 6.07) is 0.682. The van der Waals surface area contributed by atoms with Gasteiger partial charge in [0.25, 0.3) is 0 Å². The van der Waals surface area contributed by atoms with Crippen LogP contribution in [0.1, 0.15) is 205 Å². The molecule has 6 saturated heterocycles. The Balaban J connectivity index is 0.000000213. The summed E-state index contributed by atoms with van der Waals surface area (Å²) in [5.41, 5.74) is 2.89. The van der Waals surface area contributed by atoms with Gasteiger partial charge in [-0.15, -0.1) is 0 Å². The van der Waals surface area contributed by atoms with Crippen molar-refractivity contribution in [2.45, 2.75) is 339 Å². The summed E-state index contributed by atoms with van der Waals surface area (Å²) in [5.74, 6) is 0.742. The molecule has 22 nitrogen and oxygen atoms in total. The molecule has 9 fully saturated rings. The second-order valence-electron chi connectivity index (χ2n) is 34.3. The van der Waals surface area contributed by atoms with Crippen molar-refractivity contribution in [3.8, 4) is 0 Å². The number of nitrogens with zero attached hydrogens (tertiary/aromatic N) is 2. The number of likely N-dealkylation sites (N-methyl/N-ethyl adjacent to an activating group) is 2. The number of esters is 2. The van der Waals surface area contributed by atoms with Gasteiger partial charge in [-0.05, 0) is 251 Å². The number of carbonyl (C=O) groups is 4. The zero-order valence-electron chi connectivity index (χ0n) is 68.5. The topological polar surface area (TPSA) is 222 Å². The SMILES string of the molecule is CCO[C@@H]1[C@@H](OC)[C@H](C)O[C@@H](O[C@@H]2C[C@H]3CC[C@@H]4[C@@H](C=C5C(=O)[C@H](C)[C@@H](O[C@H]6CCC(N(C)C)[C@@H](C)O6)CCC[C@H](CC)OC(=O)C[C@H]54)[C@@H]3C2)[C@@H]1OC.CCO[C@@H]1[C@@H](OC)[C@H](C)O[C@@H](O[C@H]2C[C@H]3[C@@H]4C=C5C(=O)[C@H](C)[C@@H](O[C@H]6CCC(N(C)C)[C@@H](C)O6)CCC[C@H](CC)OC(=O)C[C@H]5[C@@H]4C=C(C)[C@@H]3C2)[C@@H]1OC. The Hall–Kier alpha value is -3.14. The number of carbonyl (C=O) groups excluding carboxylic acids is 4. The number of Topliss-reactive ketones (excluding diaryl/α,β-unsaturated/α-hetero) is 2. The van der Waals surface area contributed by atoms with Gasteiger partial charge in [-0.3, -0.25) is 19.2 Å². The molecule has 0 spiro atoms. The molecule has 3 saturated carbocycles. The third-order valence-electron chi connectivity index (χ3n) is 27.6. The summed E-state index contributed by atoms with van der Waals surface area (Å²) >= 11 is 0. The number of fused-ring (bicyclic) bond motifs is 10. The molecule has 12 rings (SSSR count). The Morgan fingerprint density at radius 3 is 1.35 bits per heavy atom. The van der Waals surface area contributed by atoms with Crippen LogP contribution in [0.25, 0.3) is 0 Å². The summed E-state index contributed by atoms with van der Waals surface area (Å²) in [7, 11) is 15.1. The molecule has 22 heteroatoms. The fourth-order valence-corrected chi connectivity index (χ4v) is 21.9. The molecular formula is C85H138N2O20. The summed E-state index contributed by atoms with van der Waals surface area (Å²) in [4.78, 5) is 61.0. The lowest BCUT2D eigenvalue weighted by molar-refractivity contribution is -0.317. The fourth-order valence-electron chi connectivity index (χ4n) is 21.9. The fraction of sp³-hybridized carbons (Fsp3) is 0.882. The van der Waals surface area contributed by atoms with Crippen LogP contribution in [0.15, 0.2) is 34.9 Å². The summed E-state index contributed by atoms with van der Waals surface area (Å²) in [5, 5.41) is 0. The maximum absolute atomic E-state index is 14.8. The first-order valence-corrected chi connectivity index (χ1v) is 41.9. The van der Waals surface area contributed by atoms with Crippen molar-refractivity contribution in [1.29, 1.82) is 0 Å². The lowest BCUT2D eigenvalue weighted by Gasteiger charge is -2.44. The Bertz CT molecular complexity index is 3000. The molecule has 2 unspecified atom stereocenters. The lowest BCUT2D eigenvalue weighted by Crippen LogP contribution is -2.60. The van der Waals surface area contributed by atoms with Gasteiger partial charge in [-0.25, -0.2) is 0 Å². The Morgan fingerprint density at radius 1 is 0.430 bits per heavy atom. The molecule has 0 aromatic rings. The van der Waals surface area contributed by atoms with E-state index in [1.807, 2.05) is 41.5 Å². The van der Waals surface area contributed by atoms with Crippen LogP contribution in [-0.4, -0.2) is 238 Å². The monoisotopic (exact) mass is 1510 g/mol. The van der Waals surface area contributed by atoms with Crippen LogP contribution in [0.5, 0.6) is 0 Å². The Labute approximate surface area is 640 Å². The zero-order chi connectivity index (χ0) is 76.8. The van der Waals surface area contributed by atoms with Crippen LogP contribution in [0.4, 0.5) is 0 Å². The smallest absolute Gasteiger partial charge is 0.306 e. The van der Waals surface area contributed by atoms with Gasteiger partial charge in [0.1, 0.15) is 48.8 Å². The molecule has 0 bridgehead atoms. The van der Waals surface area contributed by atoms with Gasteiger partial charge >= 0.3 is 11.9 Å². The van der Waals surface area contributed by atoms with E-state index in [2.05, 4.69) is 90.8 Å². The van der Waals surface area contributed by atoms with E-state index in [9.17, 15) is 19.2 Å². The molecule has 6 aliphatic heterocycles. The van der Waals surface area contributed by atoms with Crippen LogP contribution < -0.4 is 0 Å². The van der Waals surface area contributed by atoms with E-state index in [1.54, 1.807) is 28.4 Å². The maximum atomic E-state index is 14.8. The van der Waals surface area contributed by atoms with Crippen molar-refractivity contribution in [2.75, 3.05) is 69.8 Å². The van der Waals surface area contributed by atoms with E-state index >= 15 is 0 Å². The second kappa shape index (κ2) is 38.3. The van der Waals surface area contributed by atoms with Crippen molar-refractivity contribution >= 4 is 23.5 Å². The first-order chi connectivity index (χ1) is 51.3. The highest BCUT2D eigenvalue weighted by molar-refractivity contribution is 6.00. The number of cyclic esters (lactones) is 2. The highest BCUT2D eigenvalue weighted by atomic mass is 16.7. The number of ketones is 2. The van der Waals surface area contributed by atoms with E-state index in [0.717, 1.165) is 120 Å². The maximum Gasteiger partial charge on any atom is 0.306 e. The van der Waals surface area contributed by atoms with Gasteiger partial charge in [-0.2, -0.15) is 0 Å². The van der Waals surface area contributed by atoms with E-state index in [4.69, 9.17) is 75.8 Å². The molecule has 0 aromatic heterocycles. The van der Waals surface area contributed by atoms with Crippen molar-refractivity contribution in [2.24, 2.45) is 71.0 Å². The van der Waals surface area contributed by atoms with E-state index < -0.39 is 24.8 Å². The van der Waals surface area contributed by atoms with Gasteiger partial charge in [0.15, 0.2) is 36.7 Å². The predicted molar refractivity (Wildman–Crippen MR) is 402 cm³/mol. The van der Waals surface area contributed by atoms with Crippen molar-refractivity contribution < 1.29 is 95.0 Å². The molecule has 0 N–H and O–H groups in total. The molecule has 0 amide bonds. The van der Waals surface area contributed by atoms with Crippen LogP contribution in [0, 0.1) is 71.0 Å². The highest BCUT2D eigenvalue weighted by Crippen LogP contribution is 2.59. The normalized spacial score (nSPS) is 45.0. The van der Waals surface area contributed by atoms with Crippen molar-refractivity contribution in [1.82, 2.24) is 9.80 Å². The van der Waals surface area contributed by atoms with E-state index in [0.29, 0.717) is 49.5 Å². The quantitative estimate of drug-likeness (QED) is 0.0816. The molecule has 12 aliphatic rings. The standard InChI is InChI=1S/C43H69NO10.C42H69NO10/c1-11-27-14-13-15-36(54-38-17-16-35(44(7)8)25(5)50-38)24(4)39(46)34-21-32-30(33(34)22-37(45)52-27)18-23(3)29-19-28(20-31(29)32)53-43-42(48-10)41(49-12-2)40(47-9)26(6)51-43;1-10-27-13-12-14-35(53-37-18-17-34(43(6)7)24(4)49-37)23(3)38(45)33-21-31-29(32(33)22-36(44)51-27)16-15-26-19-28(20-30(26)31)52-42-41(47-9)40(48-11-2)39(46-8)25(5)50-42/h18,21,24-33,35-36,38,40-43H,11-17,19-20,22H2,1-10H3;21,23-32,34-35,37,39-42H,10-20,22H2,1-9H3/t24-,25-,26+,27+,28-,29+,30-,31-,32-,33+,35?,36+,38+,40+,41-,42-,43+;23-,24-,25+,26-,27+,28-,29-,30-,31-,32+,34?,35+,37+,39+,40-,41-,42+/m11/s1. The Morgan fingerprint density at radius 2 is 0.888 bits per heavy atom. The first-order valence-electron chi connectivity index (χ1n) is 41.9. The van der Waals surface area contributed by atoms with Gasteiger partial charge in [0, 0.05) is 77.4 Å². The number of methoxy groups -OCH3 is 4. The lowest BCUT2D eigenvalue weighted by atomic mass is 9.66. The van der Waals surface area contributed by atoms with Gasteiger partial charge in [0.2, 0.25) is 0 Å². The third kappa shape index (κ3) is 19.1.